The Bertz CT molecular complexity index is 1030. The minimum Gasteiger partial charge on any atom is -0.262 e. The lowest BCUT2D eigenvalue weighted by atomic mass is 10.1. The van der Waals surface area contributed by atoms with Crippen molar-refractivity contribution in [3.05, 3.63) is 59.2 Å². The Labute approximate surface area is 155 Å². The van der Waals surface area contributed by atoms with Crippen LogP contribution in [0.25, 0.3) is 0 Å². The van der Waals surface area contributed by atoms with E-state index in [2.05, 4.69) is 0 Å². The normalized spacial score (nSPS) is 19.4. The van der Waals surface area contributed by atoms with Crippen molar-refractivity contribution in [2.24, 2.45) is 0 Å². The van der Waals surface area contributed by atoms with E-state index in [9.17, 15) is 16.8 Å². The van der Waals surface area contributed by atoms with Crippen LogP contribution in [0.3, 0.4) is 0 Å². The molecule has 0 bridgehead atoms. The van der Waals surface area contributed by atoms with Gasteiger partial charge >= 0.3 is 0 Å². The Morgan fingerprint density at radius 2 is 1.62 bits per heavy atom. The highest BCUT2D eigenvalue weighted by Gasteiger charge is 2.39. The minimum atomic E-state index is -3.87. The highest BCUT2D eigenvalue weighted by Crippen LogP contribution is 2.32. The first-order valence-corrected chi connectivity index (χ1v) is 11.7. The molecule has 0 aromatic heterocycles. The first-order valence-electron chi connectivity index (χ1n) is 8.49. The Kier molecular flexibility index (Phi) is 4.88. The number of sulfonamides is 1. The third kappa shape index (κ3) is 3.64. The highest BCUT2D eigenvalue weighted by molar-refractivity contribution is 7.93. The summed E-state index contributed by atoms with van der Waals surface area (Å²) in [5.74, 6) is -0.132. The van der Waals surface area contributed by atoms with Crippen molar-refractivity contribution in [1.82, 2.24) is 0 Å². The first-order chi connectivity index (χ1) is 12.1. The minimum absolute atomic E-state index is 0.0163. The number of benzene rings is 2. The summed E-state index contributed by atoms with van der Waals surface area (Å²) in [7, 11) is -7.09. The fourth-order valence-electron chi connectivity index (χ4n) is 3.19. The van der Waals surface area contributed by atoms with Crippen LogP contribution < -0.4 is 4.31 Å². The van der Waals surface area contributed by atoms with E-state index in [1.165, 1.54) is 4.31 Å². The highest BCUT2D eigenvalue weighted by atomic mass is 32.2. The van der Waals surface area contributed by atoms with Crippen molar-refractivity contribution in [1.29, 1.82) is 0 Å². The molecule has 1 saturated heterocycles. The molecule has 1 aliphatic heterocycles. The number of rotatable bonds is 4. The van der Waals surface area contributed by atoms with Crippen molar-refractivity contribution in [2.45, 2.75) is 38.1 Å². The van der Waals surface area contributed by atoms with Crippen molar-refractivity contribution < 1.29 is 16.8 Å². The molecular weight excluding hydrogens is 370 g/mol. The quantitative estimate of drug-likeness (QED) is 0.801. The van der Waals surface area contributed by atoms with Crippen LogP contribution in [0.1, 0.15) is 23.1 Å². The summed E-state index contributed by atoms with van der Waals surface area (Å²) in [6.07, 6.45) is 0.306. The van der Waals surface area contributed by atoms with Gasteiger partial charge in [0.1, 0.15) is 0 Å². The summed E-state index contributed by atoms with van der Waals surface area (Å²) in [5, 5.41) is 0. The van der Waals surface area contributed by atoms with Gasteiger partial charge in [0.05, 0.1) is 28.1 Å². The molecule has 1 aliphatic rings. The average molecular weight is 394 g/mol. The Morgan fingerprint density at radius 3 is 2.15 bits per heavy atom. The lowest BCUT2D eigenvalue weighted by molar-refractivity contribution is 0.580. The predicted octanol–water partition coefficient (Wildman–Crippen LogP) is 2.99. The molecule has 1 heterocycles. The zero-order valence-electron chi connectivity index (χ0n) is 15.1. The Hall–Kier alpha value is -1.86. The first kappa shape index (κ1) is 18.9. The molecule has 0 amide bonds. The van der Waals surface area contributed by atoms with E-state index in [-0.39, 0.29) is 16.4 Å². The van der Waals surface area contributed by atoms with Gasteiger partial charge in [0.25, 0.3) is 10.0 Å². The van der Waals surface area contributed by atoms with Gasteiger partial charge in [-0.15, -0.1) is 0 Å². The van der Waals surface area contributed by atoms with Gasteiger partial charge in [0.2, 0.25) is 0 Å². The number of sulfone groups is 1. The molecule has 140 valence electrons. The van der Waals surface area contributed by atoms with Crippen LogP contribution in [0.2, 0.25) is 0 Å². The van der Waals surface area contributed by atoms with Gasteiger partial charge in [-0.3, -0.25) is 4.31 Å². The van der Waals surface area contributed by atoms with Crippen LogP contribution in [0, 0.1) is 20.8 Å². The molecule has 2 aromatic rings. The second-order valence-corrected chi connectivity index (χ2v) is 11.0. The topological polar surface area (TPSA) is 71.5 Å². The number of anilines is 1. The van der Waals surface area contributed by atoms with Crippen LogP contribution in [-0.2, 0) is 19.9 Å². The molecule has 3 rings (SSSR count). The van der Waals surface area contributed by atoms with Gasteiger partial charge in [0.15, 0.2) is 9.84 Å². The van der Waals surface area contributed by atoms with Gasteiger partial charge < -0.3 is 0 Å². The van der Waals surface area contributed by atoms with Crippen LogP contribution >= 0.6 is 0 Å². The fraction of sp³-hybridized carbons (Fsp3) is 0.368. The molecule has 26 heavy (non-hydrogen) atoms. The number of aryl methyl sites for hydroxylation is 3. The lowest BCUT2D eigenvalue weighted by Gasteiger charge is -2.30. The summed E-state index contributed by atoms with van der Waals surface area (Å²) in [6.45, 7) is 5.76. The molecule has 0 radical (unpaired) electrons. The maximum Gasteiger partial charge on any atom is 0.264 e. The average Bonchev–Trinajstić information content (AvgIpc) is 2.90. The van der Waals surface area contributed by atoms with Crippen LogP contribution in [-0.4, -0.2) is 34.4 Å². The van der Waals surface area contributed by atoms with E-state index < -0.39 is 25.9 Å². The largest absolute Gasteiger partial charge is 0.264 e. The lowest BCUT2D eigenvalue weighted by Crippen LogP contribution is -2.41. The summed E-state index contributed by atoms with van der Waals surface area (Å²) < 4.78 is 52.0. The third-order valence-electron chi connectivity index (χ3n) is 4.86. The summed E-state index contributed by atoms with van der Waals surface area (Å²) >= 11 is 0. The van der Waals surface area contributed by atoms with E-state index in [1.807, 2.05) is 32.9 Å². The maximum atomic E-state index is 13.4. The molecule has 0 aliphatic carbocycles. The summed E-state index contributed by atoms with van der Waals surface area (Å²) in [5.41, 5.74) is 3.49. The van der Waals surface area contributed by atoms with E-state index >= 15 is 0 Å². The summed E-state index contributed by atoms with van der Waals surface area (Å²) in [4.78, 5) is 0.172. The van der Waals surface area contributed by atoms with Gasteiger partial charge in [-0.25, -0.2) is 16.8 Å². The van der Waals surface area contributed by atoms with Gasteiger partial charge in [0, 0.05) is 0 Å². The molecule has 2 aromatic carbocycles. The van der Waals surface area contributed by atoms with Gasteiger partial charge in [-0.05, 0) is 62.6 Å². The van der Waals surface area contributed by atoms with E-state index in [4.69, 9.17) is 0 Å². The van der Waals surface area contributed by atoms with Crippen LogP contribution in [0.4, 0.5) is 5.69 Å². The second kappa shape index (κ2) is 6.70. The zero-order chi connectivity index (χ0) is 19.1. The molecule has 0 spiro atoms. The molecular formula is C19H23NO4S2. The van der Waals surface area contributed by atoms with Gasteiger partial charge in [-0.1, -0.05) is 23.8 Å². The van der Waals surface area contributed by atoms with Crippen molar-refractivity contribution in [2.75, 3.05) is 15.8 Å². The Balaban J connectivity index is 2.13. The van der Waals surface area contributed by atoms with Crippen molar-refractivity contribution in [3.63, 3.8) is 0 Å². The van der Waals surface area contributed by atoms with Gasteiger partial charge in [-0.2, -0.15) is 0 Å². The number of hydrogen-bond donors (Lipinski definition) is 0. The second-order valence-electron chi connectivity index (χ2n) is 6.94. The monoisotopic (exact) mass is 393 g/mol. The van der Waals surface area contributed by atoms with Crippen molar-refractivity contribution in [3.8, 4) is 0 Å². The molecule has 1 fully saturated rings. The zero-order valence-corrected chi connectivity index (χ0v) is 16.8. The SMILES string of the molecule is Cc1ccc(S(=O)(=O)N(c2ccc(C)c(C)c2)C2CCS(=O)(=O)C2)cc1. The van der Waals surface area contributed by atoms with E-state index in [1.54, 1.807) is 30.3 Å². The molecule has 1 atom stereocenters. The van der Waals surface area contributed by atoms with E-state index in [0.717, 1.165) is 16.7 Å². The van der Waals surface area contributed by atoms with Crippen LogP contribution in [0.5, 0.6) is 0 Å². The maximum absolute atomic E-state index is 13.4. The number of hydrogen-bond acceptors (Lipinski definition) is 4. The third-order valence-corrected chi connectivity index (χ3v) is 8.51. The number of nitrogens with zero attached hydrogens (tertiary/aromatic N) is 1. The Morgan fingerprint density at radius 1 is 0.962 bits per heavy atom. The summed E-state index contributed by atoms with van der Waals surface area (Å²) in [6, 6.07) is 11.5. The smallest absolute Gasteiger partial charge is 0.262 e. The van der Waals surface area contributed by atoms with Crippen molar-refractivity contribution >= 4 is 25.5 Å². The molecule has 7 heteroatoms. The molecule has 5 nitrogen and oxygen atoms in total. The fourth-order valence-corrected chi connectivity index (χ4v) is 6.66. The molecule has 0 saturated carbocycles. The van der Waals surface area contributed by atoms with Crippen LogP contribution in [0.15, 0.2) is 47.4 Å². The standard InChI is InChI=1S/C19H23NO4S2/c1-14-4-8-19(9-5-14)26(23,24)20(18-10-11-25(21,22)13-18)17-7-6-15(2)16(3)12-17/h4-9,12,18H,10-11,13H2,1-3H3. The molecule has 0 N–H and O–H groups in total. The molecule has 1 unspecified atom stereocenters. The van der Waals surface area contributed by atoms with E-state index in [0.29, 0.717) is 12.1 Å². The predicted molar refractivity (Wildman–Crippen MR) is 104 cm³/mol.